The van der Waals surface area contributed by atoms with Gasteiger partial charge in [-0.05, 0) is 68.6 Å². The Kier molecular flexibility index (Phi) is 5.60. The van der Waals surface area contributed by atoms with Crippen molar-refractivity contribution in [3.05, 3.63) is 29.3 Å². The SMILES string of the molecule is CC(C)C1CCC(N2CCC(N3C(=O)C(=NO)c4cc(C#N)ccc43)CC2)CC1. The van der Waals surface area contributed by atoms with Crippen molar-refractivity contribution in [1.29, 1.82) is 5.26 Å². The highest BCUT2D eigenvalue weighted by Crippen LogP contribution is 2.37. The lowest BCUT2D eigenvalue weighted by atomic mass is 9.79. The van der Waals surface area contributed by atoms with Crippen molar-refractivity contribution in [2.75, 3.05) is 18.0 Å². The lowest BCUT2D eigenvalue weighted by Gasteiger charge is -2.43. The predicted molar refractivity (Wildman–Crippen MR) is 112 cm³/mol. The summed E-state index contributed by atoms with van der Waals surface area (Å²) >= 11 is 0. The molecule has 1 aromatic rings. The molecule has 1 saturated carbocycles. The Balaban J connectivity index is 1.43. The van der Waals surface area contributed by atoms with Crippen LogP contribution in [-0.4, -0.2) is 46.9 Å². The number of hydrogen-bond acceptors (Lipinski definition) is 5. The zero-order chi connectivity index (χ0) is 20.5. The van der Waals surface area contributed by atoms with Gasteiger partial charge in [0.2, 0.25) is 0 Å². The molecule has 1 aromatic carbocycles. The highest BCUT2D eigenvalue weighted by atomic mass is 16.4. The maximum atomic E-state index is 12.9. The summed E-state index contributed by atoms with van der Waals surface area (Å²) in [4.78, 5) is 17.3. The van der Waals surface area contributed by atoms with E-state index < -0.39 is 0 Å². The van der Waals surface area contributed by atoms with E-state index in [1.807, 2.05) is 6.07 Å². The molecule has 2 aliphatic heterocycles. The molecule has 2 fully saturated rings. The van der Waals surface area contributed by atoms with Gasteiger partial charge in [0.25, 0.3) is 5.91 Å². The second-order valence-corrected chi connectivity index (χ2v) is 9.05. The normalized spacial score (nSPS) is 27.4. The van der Waals surface area contributed by atoms with Gasteiger partial charge in [-0.2, -0.15) is 5.26 Å². The maximum absolute atomic E-state index is 12.9. The molecule has 0 atom stereocenters. The number of anilines is 1. The van der Waals surface area contributed by atoms with Gasteiger partial charge in [-0.25, -0.2) is 0 Å². The molecule has 0 radical (unpaired) electrons. The monoisotopic (exact) mass is 394 g/mol. The summed E-state index contributed by atoms with van der Waals surface area (Å²) in [6.45, 7) is 6.68. The Labute approximate surface area is 172 Å². The van der Waals surface area contributed by atoms with E-state index in [2.05, 4.69) is 30.0 Å². The average Bonchev–Trinajstić information content (AvgIpc) is 3.04. The number of likely N-dealkylation sites (tertiary alicyclic amines) is 1. The average molecular weight is 395 g/mol. The molecule has 1 amide bonds. The minimum Gasteiger partial charge on any atom is -0.410 e. The summed E-state index contributed by atoms with van der Waals surface area (Å²) in [7, 11) is 0. The number of carbonyl (C=O) groups is 1. The van der Waals surface area contributed by atoms with Crippen LogP contribution in [0.3, 0.4) is 0 Å². The molecule has 4 rings (SSSR count). The van der Waals surface area contributed by atoms with E-state index in [1.54, 1.807) is 17.0 Å². The van der Waals surface area contributed by atoms with Crippen LogP contribution in [0.1, 0.15) is 63.5 Å². The van der Waals surface area contributed by atoms with Gasteiger partial charge in [-0.3, -0.25) is 4.79 Å². The number of nitrogens with zero attached hydrogens (tertiary/aromatic N) is 4. The third kappa shape index (κ3) is 3.64. The summed E-state index contributed by atoms with van der Waals surface area (Å²) < 4.78 is 0. The van der Waals surface area contributed by atoms with Crippen molar-refractivity contribution in [2.45, 2.75) is 64.5 Å². The molecule has 0 bridgehead atoms. The van der Waals surface area contributed by atoms with Gasteiger partial charge in [0.1, 0.15) is 0 Å². The molecule has 1 N–H and O–H groups in total. The number of fused-ring (bicyclic) bond motifs is 1. The van der Waals surface area contributed by atoms with E-state index in [1.165, 1.54) is 25.7 Å². The molecule has 2 heterocycles. The number of amides is 1. The number of carbonyl (C=O) groups excluding carboxylic acids is 1. The first-order chi connectivity index (χ1) is 14.0. The molecular weight excluding hydrogens is 364 g/mol. The standard InChI is InChI=1S/C23H30N4O2/c1-15(2)17-4-6-18(7-5-17)26-11-9-19(10-12-26)27-21-8-3-16(14-24)13-20(21)22(25-29)23(27)28/h3,8,13,15,17-19,29H,4-7,9-12H2,1-2H3. The summed E-state index contributed by atoms with van der Waals surface area (Å²) in [6.07, 6.45) is 7.09. The number of piperidine rings is 1. The van der Waals surface area contributed by atoms with Crippen molar-refractivity contribution in [3.63, 3.8) is 0 Å². The fourth-order valence-corrected chi connectivity index (χ4v) is 5.45. The van der Waals surface area contributed by atoms with Crippen LogP contribution < -0.4 is 4.90 Å². The molecule has 1 aliphatic carbocycles. The quantitative estimate of drug-likeness (QED) is 0.625. The Morgan fingerprint density at radius 1 is 1.10 bits per heavy atom. The fraction of sp³-hybridized carbons (Fsp3) is 0.609. The van der Waals surface area contributed by atoms with Gasteiger partial charge in [0, 0.05) is 30.7 Å². The van der Waals surface area contributed by atoms with Crippen LogP contribution in [0.4, 0.5) is 5.69 Å². The molecule has 0 unspecified atom stereocenters. The summed E-state index contributed by atoms with van der Waals surface area (Å²) in [6, 6.07) is 8.05. The van der Waals surface area contributed by atoms with Crippen LogP contribution in [0.15, 0.2) is 23.4 Å². The zero-order valence-corrected chi connectivity index (χ0v) is 17.3. The van der Waals surface area contributed by atoms with Gasteiger partial charge in [0.05, 0.1) is 17.3 Å². The van der Waals surface area contributed by atoms with Crippen molar-refractivity contribution < 1.29 is 10.0 Å². The van der Waals surface area contributed by atoms with Gasteiger partial charge in [-0.15, -0.1) is 0 Å². The first-order valence-electron chi connectivity index (χ1n) is 10.9. The number of rotatable bonds is 3. The molecule has 29 heavy (non-hydrogen) atoms. The van der Waals surface area contributed by atoms with E-state index in [0.717, 1.165) is 43.5 Å². The first kappa shape index (κ1) is 19.9. The molecule has 6 heteroatoms. The summed E-state index contributed by atoms with van der Waals surface area (Å²) in [5.41, 5.74) is 1.83. The third-order valence-electron chi connectivity index (χ3n) is 7.23. The second kappa shape index (κ2) is 8.16. The van der Waals surface area contributed by atoms with Crippen molar-refractivity contribution in [3.8, 4) is 6.07 Å². The fourth-order valence-electron chi connectivity index (χ4n) is 5.45. The number of nitriles is 1. The van der Waals surface area contributed by atoms with E-state index >= 15 is 0 Å². The van der Waals surface area contributed by atoms with Crippen LogP contribution in [0.25, 0.3) is 0 Å². The minimum absolute atomic E-state index is 0.0477. The van der Waals surface area contributed by atoms with Crippen LogP contribution >= 0.6 is 0 Å². The van der Waals surface area contributed by atoms with E-state index in [4.69, 9.17) is 5.26 Å². The topological polar surface area (TPSA) is 79.9 Å². The number of benzene rings is 1. The molecule has 0 aromatic heterocycles. The summed E-state index contributed by atoms with van der Waals surface area (Å²) in [5, 5.41) is 21.8. The molecule has 6 nitrogen and oxygen atoms in total. The van der Waals surface area contributed by atoms with Crippen LogP contribution in [-0.2, 0) is 4.79 Å². The molecular formula is C23H30N4O2. The lowest BCUT2D eigenvalue weighted by molar-refractivity contribution is -0.113. The smallest absolute Gasteiger partial charge is 0.281 e. The van der Waals surface area contributed by atoms with Crippen molar-refractivity contribution in [1.82, 2.24) is 4.90 Å². The Hall–Kier alpha value is -2.39. The Bertz CT molecular complexity index is 841. The van der Waals surface area contributed by atoms with Gasteiger partial charge in [-0.1, -0.05) is 19.0 Å². The van der Waals surface area contributed by atoms with Crippen LogP contribution in [0.5, 0.6) is 0 Å². The maximum Gasteiger partial charge on any atom is 0.281 e. The molecule has 0 spiro atoms. The van der Waals surface area contributed by atoms with Gasteiger partial charge >= 0.3 is 0 Å². The Morgan fingerprint density at radius 2 is 1.79 bits per heavy atom. The van der Waals surface area contributed by atoms with Gasteiger partial charge in [0.15, 0.2) is 5.71 Å². The molecule has 3 aliphatic rings. The summed E-state index contributed by atoms with van der Waals surface area (Å²) in [5.74, 6) is 1.40. The highest BCUT2D eigenvalue weighted by Gasteiger charge is 2.40. The largest absolute Gasteiger partial charge is 0.410 e. The predicted octanol–water partition coefficient (Wildman–Crippen LogP) is 3.76. The van der Waals surface area contributed by atoms with Crippen LogP contribution in [0, 0.1) is 23.2 Å². The minimum atomic E-state index is -0.256. The second-order valence-electron chi connectivity index (χ2n) is 9.05. The van der Waals surface area contributed by atoms with Crippen molar-refractivity contribution >= 4 is 17.3 Å². The first-order valence-corrected chi connectivity index (χ1v) is 10.9. The molecule has 1 saturated heterocycles. The van der Waals surface area contributed by atoms with E-state index in [0.29, 0.717) is 17.2 Å². The lowest BCUT2D eigenvalue weighted by Crippen LogP contribution is -2.50. The number of hydrogen-bond donors (Lipinski definition) is 1. The van der Waals surface area contributed by atoms with E-state index in [9.17, 15) is 10.0 Å². The van der Waals surface area contributed by atoms with Crippen molar-refractivity contribution in [2.24, 2.45) is 17.0 Å². The zero-order valence-electron chi connectivity index (χ0n) is 17.3. The highest BCUT2D eigenvalue weighted by molar-refractivity contribution is 6.54. The number of oxime groups is 1. The molecule has 154 valence electrons. The third-order valence-corrected chi connectivity index (χ3v) is 7.23. The van der Waals surface area contributed by atoms with Gasteiger partial charge < -0.3 is 15.0 Å². The van der Waals surface area contributed by atoms with E-state index in [-0.39, 0.29) is 17.7 Å². The Morgan fingerprint density at radius 3 is 2.38 bits per heavy atom. The van der Waals surface area contributed by atoms with Crippen LogP contribution in [0.2, 0.25) is 0 Å².